The quantitative estimate of drug-likeness (QED) is 0.485. The van der Waals surface area contributed by atoms with Crippen molar-refractivity contribution in [3.8, 4) is 0 Å². The fourth-order valence-corrected chi connectivity index (χ4v) is 1.67. The summed E-state index contributed by atoms with van der Waals surface area (Å²) in [6, 6.07) is 7.28. The van der Waals surface area contributed by atoms with E-state index in [2.05, 4.69) is 11.9 Å². The summed E-state index contributed by atoms with van der Waals surface area (Å²) in [7, 11) is 0. The van der Waals surface area contributed by atoms with Crippen LogP contribution in [0, 0.1) is 5.41 Å². The molecule has 19 heavy (non-hydrogen) atoms. The molecule has 1 rings (SSSR count). The Morgan fingerprint density at radius 1 is 1.26 bits per heavy atom. The van der Waals surface area contributed by atoms with Crippen LogP contribution in [0.3, 0.4) is 0 Å². The van der Waals surface area contributed by atoms with Crippen molar-refractivity contribution in [2.75, 3.05) is 18.4 Å². The normalized spacial score (nSPS) is 9.84. The van der Waals surface area contributed by atoms with Gasteiger partial charge in [-0.15, -0.1) is 0 Å². The Balaban J connectivity index is 2.79. The van der Waals surface area contributed by atoms with Gasteiger partial charge in [0, 0.05) is 29.9 Å². The lowest BCUT2D eigenvalue weighted by Gasteiger charge is -2.21. The van der Waals surface area contributed by atoms with Gasteiger partial charge in [0.05, 0.1) is 0 Å². The van der Waals surface area contributed by atoms with Crippen molar-refractivity contribution in [1.29, 1.82) is 5.41 Å². The third kappa shape index (κ3) is 3.95. The minimum Gasteiger partial charge on any atom is -0.357 e. The zero-order chi connectivity index (χ0) is 14.4. The van der Waals surface area contributed by atoms with Gasteiger partial charge in [-0.2, -0.15) is 0 Å². The Hall–Kier alpha value is -2.10. The van der Waals surface area contributed by atoms with Crippen molar-refractivity contribution in [3.05, 3.63) is 42.0 Å². The van der Waals surface area contributed by atoms with Gasteiger partial charge in [0.2, 0.25) is 0 Å². The molecule has 0 radical (unpaired) electrons. The highest BCUT2D eigenvalue weighted by molar-refractivity contribution is 6.03. The largest absolute Gasteiger partial charge is 0.357 e. The Labute approximate surface area is 114 Å². The molecule has 0 atom stereocenters. The molecule has 0 saturated heterocycles. The highest BCUT2D eigenvalue weighted by atomic mass is 16.1. The maximum Gasteiger partial charge on any atom is 0.250 e. The second-order valence-electron chi connectivity index (χ2n) is 4.33. The summed E-state index contributed by atoms with van der Waals surface area (Å²) in [5.74, 6) is 0.314. The van der Waals surface area contributed by atoms with Crippen LogP contribution < -0.4 is 5.32 Å². The first-order valence-electron chi connectivity index (χ1n) is 6.40. The van der Waals surface area contributed by atoms with Crippen LogP contribution in [0.2, 0.25) is 0 Å². The Morgan fingerprint density at radius 2 is 1.79 bits per heavy atom. The standard InChI is InChI=1S/C15H21N3O/c1-5-18(6-2)14(16)12-7-9-13(10-8-12)17-15(19)11(3)4/h7-10,16H,3,5-6H2,1-2,4H3,(H,17,19). The summed E-state index contributed by atoms with van der Waals surface area (Å²) in [5.41, 5.74) is 2.03. The van der Waals surface area contributed by atoms with E-state index in [9.17, 15) is 4.79 Å². The van der Waals surface area contributed by atoms with Crippen molar-refractivity contribution in [3.63, 3.8) is 0 Å². The summed E-state index contributed by atoms with van der Waals surface area (Å²) in [6.45, 7) is 10.9. The molecule has 0 aromatic heterocycles. The number of nitrogens with zero attached hydrogens (tertiary/aromatic N) is 1. The van der Waals surface area contributed by atoms with Crippen LogP contribution in [0.25, 0.3) is 0 Å². The summed E-state index contributed by atoms with van der Waals surface area (Å²) in [4.78, 5) is 13.4. The molecular weight excluding hydrogens is 238 g/mol. The first-order valence-corrected chi connectivity index (χ1v) is 6.40. The molecule has 0 aliphatic carbocycles. The predicted octanol–water partition coefficient (Wildman–Crippen LogP) is 2.87. The van der Waals surface area contributed by atoms with Crippen LogP contribution in [-0.4, -0.2) is 29.7 Å². The number of hydrogen-bond acceptors (Lipinski definition) is 2. The molecule has 1 amide bonds. The van der Waals surface area contributed by atoms with Crippen LogP contribution in [0.5, 0.6) is 0 Å². The predicted molar refractivity (Wildman–Crippen MR) is 79.6 cm³/mol. The third-order valence-electron chi connectivity index (χ3n) is 2.88. The molecule has 4 nitrogen and oxygen atoms in total. The van der Waals surface area contributed by atoms with E-state index >= 15 is 0 Å². The van der Waals surface area contributed by atoms with E-state index in [-0.39, 0.29) is 5.91 Å². The Kier molecular flexibility index (Phi) is 5.30. The van der Waals surface area contributed by atoms with Crippen LogP contribution in [0.1, 0.15) is 26.3 Å². The van der Waals surface area contributed by atoms with Gasteiger partial charge in [-0.05, 0) is 45.0 Å². The van der Waals surface area contributed by atoms with Crippen molar-refractivity contribution in [2.24, 2.45) is 0 Å². The van der Waals surface area contributed by atoms with Gasteiger partial charge in [-0.3, -0.25) is 10.2 Å². The van der Waals surface area contributed by atoms with Crippen LogP contribution in [-0.2, 0) is 4.79 Å². The average molecular weight is 259 g/mol. The van der Waals surface area contributed by atoms with E-state index in [0.717, 1.165) is 18.7 Å². The molecule has 102 valence electrons. The van der Waals surface area contributed by atoms with E-state index < -0.39 is 0 Å². The first-order chi connectivity index (χ1) is 8.99. The fraction of sp³-hybridized carbons (Fsp3) is 0.333. The number of benzene rings is 1. The topological polar surface area (TPSA) is 56.2 Å². The number of amides is 1. The van der Waals surface area contributed by atoms with E-state index in [0.29, 0.717) is 17.1 Å². The monoisotopic (exact) mass is 259 g/mol. The molecule has 0 aliphatic heterocycles. The van der Waals surface area contributed by atoms with E-state index in [1.807, 2.05) is 30.9 Å². The Bertz CT molecular complexity index is 473. The van der Waals surface area contributed by atoms with Gasteiger partial charge in [0.25, 0.3) is 5.91 Å². The second kappa shape index (κ2) is 6.73. The number of carbonyl (C=O) groups is 1. The summed E-state index contributed by atoms with van der Waals surface area (Å²) < 4.78 is 0. The lowest BCUT2D eigenvalue weighted by atomic mass is 10.1. The lowest BCUT2D eigenvalue weighted by molar-refractivity contribution is -0.112. The van der Waals surface area contributed by atoms with Gasteiger partial charge < -0.3 is 10.2 Å². The van der Waals surface area contributed by atoms with E-state index in [1.54, 1.807) is 19.1 Å². The van der Waals surface area contributed by atoms with Gasteiger partial charge in [0.1, 0.15) is 5.84 Å². The number of nitrogens with one attached hydrogen (secondary N) is 2. The smallest absolute Gasteiger partial charge is 0.250 e. The number of rotatable bonds is 5. The number of amidine groups is 1. The van der Waals surface area contributed by atoms with E-state index in [1.165, 1.54) is 0 Å². The van der Waals surface area contributed by atoms with Gasteiger partial charge >= 0.3 is 0 Å². The maximum absolute atomic E-state index is 11.5. The van der Waals surface area contributed by atoms with Crippen molar-refractivity contribution in [1.82, 2.24) is 4.90 Å². The van der Waals surface area contributed by atoms with Gasteiger partial charge in [0.15, 0.2) is 0 Å². The molecule has 0 saturated carbocycles. The average Bonchev–Trinajstić information content (AvgIpc) is 2.40. The minimum atomic E-state index is -0.188. The molecule has 2 N–H and O–H groups in total. The molecule has 0 bridgehead atoms. The number of anilines is 1. The molecule has 0 aliphatic rings. The molecule has 1 aromatic carbocycles. The molecule has 4 heteroatoms. The SMILES string of the molecule is C=C(C)C(=O)Nc1ccc(C(=N)N(CC)CC)cc1. The third-order valence-corrected chi connectivity index (χ3v) is 2.88. The molecule has 0 spiro atoms. The molecule has 0 heterocycles. The number of carbonyl (C=O) groups excluding carboxylic acids is 1. The zero-order valence-electron chi connectivity index (χ0n) is 11.8. The van der Waals surface area contributed by atoms with Crippen LogP contribution >= 0.6 is 0 Å². The van der Waals surface area contributed by atoms with E-state index in [4.69, 9.17) is 5.41 Å². The highest BCUT2D eigenvalue weighted by Gasteiger charge is 2.08. The van der Waals surface area contributed by atoms with Crippen molar-refractivity contribution in [2.45, 2.75) is 20.8 Å². The number of hydrogen-bond donors (Lipinski definition) is 2. The lowest BCUT2D eigenvalue weighted by Crippen LogP contribution is -2.30. The summed E-state index contributed by atoms with van der Waals surface area (Å²) >= 11 is 0. The summed E-state index contributed by atoms with van der Waals surface area (Å²) in [5, 5.41) is 10.8. The molecule has 1 aromatic rings. The van der Waals surface area contributed by atoms with Crippen molar-refractivity contribution >= 4 is 17.4 Å². The first kappa shape index (κ1) is 15.0. The van der Waals surface area contributed by atoms with Crippen LogP contribution in [0.4, 0.5) is 5.69 Å². The van der Waals surface area contributed by atoms with Gasteiger partial charge in [-0.1, -0.05) is 6.58 Å². The molecule has 0 unspecified atom stereocenters. The Morgan fingerprint density at radius 3 is 2.21 bits per heavy atom. The van der Waals surface area contributed by atoms with Crippen molar-refractivity contribution < 1.29 is 4.79 Å². The van der Waals surface area contributed by atoms with Gasteiger partial charge in [-0.25, -0.2) is 0 Å². The molecular formula is C15H21N3O. The second-order valence-corrected chi connectivity index (χ2v) is 4.33. The molecule has 0 fully saturated rings. The maximum atomic E-state index is 11.5. The highest BCUT2D eigenvalue weighted by Crippen LogP contribution is 2.12. The zero-order valence-corrected chi connectivity index (χ0v) is 11.8. The van der Waals surface area contributed by atoms with Crippen LogP contribution in [0.15, 0.2) is 36.4 Å². The minimum absolute atomic E-state index is 0.188. The summed E-state index contributed by atoms with van der Waals surface area (Å²) in [6.07, 6.45) is 0. The fourth-order valence-electron chi connectivity index (χ4n) is 1.67.